The summed E-state index contributed by atoms with van der Waals surface area (Å²) in [6, 6.07) is 3.99. The highest BCUT2D eigenvalue weighted by atomic mass is 35.5. The number of ether oxygens (including phenoxy) is 1. The van der Waals surface area contributed by atoms with Crippen LogP contribution in [0.4, 0.5) is 5.69 Å². The number of nitro groups is 1. The quantitative estimate of drug-likeness (QED) is 0.480. The highest BCUT2D eigenvalue weighted by molar-refractivity contribution is 6.29. The third-order valence-electron chi connectivity index (χ3n) is 2.70. The molecule has 2 aromatic rings. The summed E-state index contributed by atoms with van der Waals surface area (Å²) in [6.07, 6.45) is 2.00. The van der Waals surface area contributed by atoms with Gasteiger partial charge in [0.05, 0.1) is 11.1 Å². The number of benzene rings is 1. The Morgan fingerprint density at radius 1 is 1.55 bits per heavy atom. The minimum Gasteiger partial charge on any atom is -0.479 e. The van der Waals surface area contributed by atoms with E-state index >= 15 is 0 Å². The van der Waals surface area contributed by atoms with Gasteiger partial charge in [-0.2, -0.15) is 0 Å². The summed E-state index contributed by atoms with van der Waals surface area (Å²) >= 11 is 5.83. The summed E-state index contributed by atoms with van der Waals surface area (Å²) < 4.78 is 6.98. The molecule has 0 N–H and O–H groups in total. The first-order valence-corrected chi connectivity index (χ1v) is 5.93. The molecule has 1 heterocycles. The van der Waals surface area contributed by atoms with Gasteiger partial charge in [0.2, 0.25) is 0 Å². The molecule has 0 saturated carbocycles. The van der Waals surface area contributed by atoms with Crippen LogP contribution in [0.5, 0.6) is 5.75 Å². The Bertz CT molecular complexity index is 669. The van der Waals surface area contributed by atoms with Crippen LogP contribution in [-0.4, -0.2) is 20.8 Å². The van der Waals surface area contributed by atoms with Crippen LogP contribution in [0.15, 0.2) is 24.4 Å². The SMILES string of the molecule is Cn1c(Cl)cnc1COc1ccc(C=O)cc1[N+](=O)[O-]. The average Bonchev–Trinajstić information content (AvgIpc) is 2.76. The van der Waals surface area contributed by atoms with E-state index in [-0.39, 0.29) is 23.6 Å². The molecule has 0 amide bonds. The van der Waals surface area contributed by atoms with E-state index in [2.05, 4.69) is 4.98 Å². The van der Waals surface area contributed by atoms with Gasteiger partial charge in [-0.15, -0.1) is 0 Å². The predicted octanol–water partition coefficient (Wildman–Crippen LogP) is 2.37. The minimum absolute atomic E-state index is 0.0322. The van der Waals surface area contributed by atoms with Gasteiger partial charge in [-0.05, 0) is 12.1 Å². The topological polar surface area (TPSA) is 87.3 Å². The van der Waals surface area contributed by atoms with Crippen LogP contribution < -0.4 is 4.74 Å². The second-order valence-electron chi connectivity index (χ2n) is 3.95. The molecule has 0 unspecified atom stereocenters. The summed E-state index contributed by atoms with van der Waals surface area (Å²) in [6.45, 7) is 0.0322. The van der Waals surface area contributed by atoms with E-state index in [1.165, 1.54) is 18.3 Å². The number of carbonyl (C=O) groups excluding carboxylic acids is 1. The molecule has 7 nitrogen and oxygen atoms in total. The number of nitrogens with zero attached hydrogens (tertiary/aromatic N) is 3. The molecule has 0 aliphatic rings. The molecule has 0 atom stereocenters. The maximum absolute atomic E-state index is 10.9. The van der Waals surface area contributed by atoms with Crippen LogP contribution in [0.2, 0.25) is 5.15 Å². The molecule has 20 heavy (non-hydrogen) atoms. The number of nitro benzene ring substituents is 1. The molecule has 0 fully saturated rings. The molecule has 2 rings (SSSR count). The molecule has 0 aliphatic heterocycles. The van der Waals surface area contributed by atoms with E-state index in [1.54, 1.807) is 11.6 Å². The summed E-state index contributed by atoms with van der Waals surface area (Å²) in [5.74, 6) is 0.600. The first-order chi connectivity index (χ1) is 9.52. The monoisotopic (exact) mass is 295 g/mol. The summed E-state index contributed by atoms with van der Waals surface area (Å²) in [5.41, 5.74) is -0.0565. The van der Waals surface area contributed by atoms with Crippen LogP contribution in [0, 0.1) is 10.1 Å². The van der Waals surface area contributed by atoms with Gasteiger partial charge in [0, 0.05) is 18.7 Å². The average molecular weight is 296 g/mol. The fraction of sp³-hybridized carbons (Fsp3) is 0.167. The normalized spacial score (nSPS) is 10.3. The number of hydrogen-bond donors (Lipinski definition) is 0. The molecule has 1 aromatic heterocycles. The zero-order valence-electron chi connectivity index (χ0n) is 10.4. The molecule has 104 valence electrons. The van der Waals surface area contributed by atoms with Crippen molar-refractivity contribution < 1.29 is 14.5 Å². The molecule has 0 saturated heterocycles. The van der Waals surface area contributed by atoms with E-state index < -0.39 is 4.92 Å². The minimum atomic E-state index is -0.603. The molecule has 0 aliphatic carbocycles. The fourth-order valence-corrected chi connectivity index (χ4v) is 1.72. The van der Waals surface area contributed by atoms with Crippen LogP contribution in [0.25, 0.3) is 0 Å². The molecule has 0 radical (unpaired) electrons. The highest BCUT2D eigenvalue weighted by Gasteiger charge is 2.17. The molecule has 1 aromatic carbocycles. The Kier molecular flexibility index (Phi) is 3.99. The Morgan fingerprint density at radius 3 is 2.85 bits per heavy atom. The van der Waals surface area contributed by atoms with Gasteiger partial charge in [0.15, 0.2) is 5.75 Å². The number of rotatable bonds is 5. The van der Waals surface area contributed by atoms with Crippen molar-refractivity contribution in [3.05, 3.63) is 51.1 Å². The number of imidazole rings is 1. The van der Waals surface area contributed by atoms with Crippen LogP contribution >= 0.6 is 11.6 Å². The van der Waals surface area contributed by atoms with E-state index in [4.69, 9.17) is 16.3 Å². The van der Waals surface area contributed by atoms with Crippen molar-refractivity contribution in [2.45, 2.75) is 6.61 Å². The van der Waals surface area contributed by atoms with Crippen molar-refractivity contribution in [2.24, 2.45) is 7.05 Å². The third-order valence-corrected chi connectivity index (χ3v) is 3.05. The largest absolute Gasteiger partial charge is 0.479 e. The molecule has 0 spiro atoms. The lowest BCUT2D eigenvalue weighted by Gasteiger charge is -2.07. The lowest BCUT2D eigenvalue weighted by Crippen LogP contribution is -2.05. The number of carbonyl (C=O) groups is 1. The Hall–Kier alpha value is -2.41. The lowest BCUT2D eigenvalue weighted by molar-refractivity contribution is -0.386. The second kappa shape index (κ2) is 5.70. The zero-order chi connectivity index (χ0) is 14.7. The smallest absolute Gasteiger partial charge is 0.311 e. The van der Waals surface area contributed by atoms with E-state index in [0.717, 1.165) is 6.07 Å². The predicted molar refractivity (Wildman–Crippen MR) is 71.0 cm³/mol. The second-order valence-corrected chi connectivity index (χ2v) is 4.33. The van der Waals surface area contributed by atoms with Gasteiger partial charge in [-0.1, -0.05) is 11.6 Å². The van der Waals surface area contributed by atoms with Crippen molar-refractivity contribution in [1.82, 2.24) is 9.55 Å². The number of aromatic nitrogens is 2. The zero-order valence-corrected chi connectivity index (χ0v) is 11.2. The lowest BCUT2D eigenvalue weighted by atomic mass is 10.2. The fourth-order valence-electron chi connectivity index (χ4n) is 1.57. The van der Waals surface area contributed by atoms with Gasteiger partial charge in [0.25, 0.3) is 0 Å². The highest BCUT2D eigenvalue weighted by Crippen LogP contribution is 2.28. The summed E-state index contributed by atoms with van der Waals surface area (Å²) in [4.78, 5) is 25.0. The van der Waals surface area contributed by atoms with Crippen molar-refractivity contribution in [3.8, 4) is 5.75 Å². The number of aldehydes is 1. The third kappa shape index (κ3) is 2.77. The van der Waals surface area contributed by atoms with Gasteiger partial charge < -0.3 is 9.30 Å². The number of hydrogen-bond acceptors (Lipinski definition) is 5. The van der Waals surface area contributed by atoms with Crippen molar-refractivity contribution in [3.63, 3.8) is 0 Å². The van der Waals surface area contributed by atoms with Crippen molar-refractivity contribution in [1.29, 1.82) is 0 Å². The Morgan fingerprint density at radius 2 is 2.30 bits per heavy atom. The van der Waals surface area contributed by atoms with Crippen LogP contribution in [-0.2, 0) is 13.7 Å². The van der Waals surface area contributed by atoms with E-state index in [9.17, 15) is 14.9 Å². The summed E-state index contributed by atoms with van der Waals surface area (Å²) in [7, 11) is 1.71. The van der Waals surface area contributed by atoms with E-state index in [1.807, 2.05) is 0 Å². The Balaban J connectivity index is 2.23. The first-order valence-electron chi connectivity index (χ1n) is 5.55. The maximum atomic E-state index is 10.9. The van der Waals surface area contributed by atoms with E-state index in [0.29, 0.717) is 17.3 Å². The molecule has 0 bridgehead atoms. The van der Waals surface area contributed by atoms with Gasteiger partial charge in [-0.25, -0.2) is 4.98 Å². The van der Waals surface area contributed by atoms with Gasteiger partial charge in [-0.3, -0.25) is 14.9 Å². The van der Waals surface area contributed by atoms with Crippen LogP contribution in [0.3, 0.4) is 0 Å². The Labute approximate surface area is 118 Å². The summed E-state index contributed by atoms with van der Waals surface area (Å²) in [5, 5.41) is 11.4. The van der Waals surface area contributed by atoms with Gasteiger partial charge >= 0.3 is 5.69 Å². The number of halogens is 1. The van der Waals surface area contributed by atoms with Gasteiger partial charge in [0.1, 0.15) is 23.9 Å². The maximum Gasteiger partial charge on any atom is 0.311 e. The molecular formula is C12H10ClN3O4. The van der Waals surface area contributed by atoms with Crippen molar-refractivity contribution in [2.75, 3.05) is 0 Å². The standard InChI is InChI=1S/C12H10ClN3O4/c1-15-11(13)5-14-12(15)7-20-10-3-2-8(6-17)4-9(10)16(18)19/h2-6H,7H2,1H3. The first kappa shape index (κ1) is 14.0. The van der Waals surface area contributed by atoms with Crippen LogP contribution in [0.1, 0.15) is 16.2 Å². The van der Waals surface area contributed by atoms with Crippen molar-refractivity contribution >= 4 is 23.6 Å². The molecular weight excluding hydrogens is 286 g/mol. The molecule has 8 heteroatoms.